The van der Waals surface area contributed by atoms with E-state index in [0.717, 1.165) is 6.42 Å². The fraction of sp³-hybridized carbons (Fsp3) is 0.909. The van der Waals surface area contributed by atoms with Crippen LogP contribution in [-0.2, 0) is 4.79 Å². The number of hydrogen-bond acceptors (Lipinski definition) is 3. The van der Waals surface area contributed by atoms with Crippen LogP contribution in [0.3, 0.4) is 0 Å². The number of aliphatic hydroxyl groups is 2. The molecule has 88 valence electrons. The number of rotatable bonds is 5. The molecule has 0 aromatic rings. The number of amides is 1. The highest BCUT2D eigenvalue weighted by molar-refractivity contribution is 5.79. The van der Waals surface area contributed by atoms with E-state index in [0.29, 0.717) is 18.9 Å². The van der Waals surface area contributed by atoms with Gasteiger partial charge in [-0.15, -0.1) is 0 Å². The van der Waals surface area contributed by atoms with Crippen LogP contribution in [0, 0.1) is 11.8 Å². The van der Waals surface area contributed by atoms with Crippen LogP contribution in [0.25, 0.3) is 0 Å². The Balaban J connectivity index is 2.65. The zero-order valence-corrected chi connectivity index (χ0v) is 9.52. The molecule has 0 bridgehead atoms. The fourth-order valence-corrected chi connectivity index (χ4v) is 2.11. The molecule has 1 aliphatic rings. The van der Waals surface area contributed by atoms with Gasteiger partial charge < -0.3 is 15.1 Å². The summed E-state index contributed by atoms with van der Waals surface area (Å²) in [6.45, 7) is 4.75. The van der Waals surface area contributed by atoms with Crippen LogP contribution in [0.4, 0.5) is 0 Å². The summed E-state index contributed by atoms with van der Waals surface area (Å²) in [5.41, 5.74) is 0. The summed E-state index contributed by atoms with van der Waals surface area (Å²) in [5, 5.41) is 18.3. The van der Waals surface area contributed by atoms with E-state index in [1.165, 1.54) is 0 Å². The molecule has 1 saturated heterocycles. The minimum atomic E-state index is -0.0842. The molecule has 0 saturated carbocycles. The molecule has 1 heterocycles. The van der Waals surface area contributed by atoms with Gasteiger partial charge in [0, 0.05) is 25.5 Å². The Labute approximate surface area is 90.9 Å². The maximum Gasteiger partial charge on any atom is 0.223 e. The molecule has 1 amide bonds. The first-order valence-electron chi connectivity index (χ1n) is 5.65. The molecule has 1 fully saturated rings. The molecule has 0 aromatic carbocycles. The van der Waals surface area contributed by atoms with Crippen molar-refractivity contribution in [2.45, 2.75) is 32.7 Å². The van der Waals surface area contributed by atoms with Crippen LogP contribution >= 0.6 is 0 Å². The quantitative estimate of drug-likeness (QED) is 0.690. The summed E-state index contributed by atoms with van der Waals surface area (Å²) in [5.74, 6) is 0.417. The molecule has 15 heavy (non-hydrogen) atoms. The van der Waals surface area contributed by atoms with Crippen LogP contribution in [0.1, 0.15) is 26.7 Å². The van der Waals surface area contributed by atoms with Gasteiger partial charge in [-0.2, -0.15) is 0 Å². The Morgan fingerprint density at radius 1 is 1.53 bits per heavy atom. The lowest BCUT2D eigenvalue weighted by molar-refractivity contribution is -0.131. The van der Waals surface area contributed by atoms with Gasteiger partial charge in [-0.1, -0.05) is 20.3 Å². The van der Waals surface area contributed by atoms with Gasteiger partial charge in [0.1, 0.15) is 0 Å². The molecule has 1 rings (SSSR count). The summed E-state index contributed by atoms with van der Waals surface area (Å²) in [7, 11) is 0. The highest BCUT2D eigenvalue weighted by Crippen LogP contribution is 2.24. The van der Waals surface area contributed by atoms with Crippen molar-refractivity contribution in [1.29, 1.82) is 0 Å². The second kappa shape index (κ2) is 5.47. The molecule has 0 aromatic heterocycles. The van der Waals surface area contributed by atoms with Crippen molar-refractivity contribution in [3.63, 3.8) is 0 Å². The average molecular weight is 215 g/mol. The van der Waals surface area contributed by atoms with Crippen LogP contribution in [-0.4, -0.2) is 46.8 Å². The smallest absolute Gasteiger partial charge is 0.223 e. The summed E-state index contributed by atoms with van der Waals surface area (Å²) in [6, 6.07) is -0.0842. The van der Waals surface area contributed by atoms with Crippen molar-refractivity contribution in [2.75, 3.05) is 19.8 Å². The monoisotopic (exact) mass is 215 g/mol. The highest BCUT2D eigenvalue weighted by Gasteiger charge is 2.35. The summed E-state index contributed by atoms with van der Waals surface area (Å²) in [4.78, 5) is 13.4. The molecule has 1 aliphatic heterocycles. The van der Waals surface area contributed by atoms with Gasteiger partial charge >= 0.3 is 0 Å². The molecule has 3 atom stereocenters. The Morgan fingerprint density at radius 2 is 2.20 bits per heavy atom. The molecule has 2 N–H and O–H groups in total. The first-order chi connectivity index (χ1) is 7.13. The van der Waals surface area contributed by atoms with Crippen molar-refractivity contribution in [1.82, 2.24) is 4.90 Å². The van der Waals surface area contributed by atoms with E-state index in [9.17, 15) is 9.90 Å². The highest BCUT2D eigenvalue weighted by atomic mass is 16.3. The predicted octanol–water partition coefficient (Wildman–Crippen LogP) is 0.234. The largest absolute Gasteiger partial charge is 0.396 e. The van der Waals surface area contributed by atoms with Crippen LogP contribution in [0.15, 0.2) is 0 Å². The van der Waals surface area contributed by atoms with E-state index >= 15 is 0 Å². The van der Waals surface area contributed by atoms with E-state index in [-0.39, 0.29) is 31.1 Å². The number of nitrogens with zero attached hydrogens (tertiary/aromatic N) is 1. The SMILES string of the molecule is CC[C@H](C)[C@@H](CO)N1CC(CO)CC1=O. The fourth-order valence-electron chi connectivity index (χ4n) is 2.11. The molecule has 0 aliphatic carbocycles. The second-order valence-electron chi connectivity index (χ2n) is 4.43. The summed E-state index contributed by atoms with van der Waals surface area (Å²) >= 11 is 0. The number of hydrogen-bond donors (Lipinski definition) is 2. The first-order valence-corrected chi connectivity index (χ1v) is 5.65. The van der Waals surface area contributed by atoms with E-state index in [4.69, 9.17) is 5.11 Å². The van der Waals surface area contributed by atoms with E-state index < -0.39 is 0 Å². The van der Waals surface area contributed by atoms with Crippen molar-refractivity contribution < 1.29 is 15.0 Å². The number of likely N-dealkylation sites (tertiary alicyclic amines) is 1. The molecule has 0 spiro atoms. The Bertz CT molecular complexity index is 220. The summed E-state index contributed by atoms with van der Waals surface area (Å²) < 4.78 is 0. The Morgan fingerprint density at radius 3 is 2.60 bits per heavy atom. The van der Waals surface area contributed by atoms with Gasteiger partial charge in [-0.05, 0) is 5.92 Å². The van der Waals surface area contributed by atoms with Crippen molar-refractivity contribution in [3.8, 4) is 0 Å². The summed E-state index contributed by atoms with van der Waals surface area (Å²) in [6.07, 6.45) is 1.36. The Kier molecular flexibility index (Phi) is 4.54. The average Bonchev–Trinajstić information content (AvgIpc) is 2.61. The molecule has 1 unspecified atom stereocenters. The number of aliphatic hydroxyl groups excluding tert-OH is 2. The van der Waals surface area contributed by atoms with Gasteiger partial charge in [0.25, 0.3) is 0 Å². The second-order valence-corrected chi connectivity index (χ2v) is 4.43. The molecule has 0 radical (unpaired) electrons. The number of carbonyl (C=O) groups excluding carboxylic acids is 1. The van der Waals surface area contributed by atoms with Crippen LogP contribution in [0.5, 0.6) is 0 Å². The lowest BCUT2D eigenvalue weighted by Crippen LogP contribution is -2.43. The van der Waals surface area contributed by atoms with Gasteiger partial charge in [0.15, 0.2) is 0 Å². The first kappa shape index (κ1) is 12.5. The minimum Gasteiger partial charge on any atom is -0.396 e. The van der Waals surface area contributed by atoms with Crippen molar-refractivity contribution in [2.24, 2.45) is 11.8 Å². The minimum absolute atomic E-state index is 0.0128. The predicted molar refractivity (Wildman–Crippen MR) is 57.2 cm³/mol. The lowest BCUT2D eigenvalue weighted by Gasteiger charge is -2.31. The third kappa shape index (κ3) is 2.69. The van der Waals surface area contributed by atoms with Crippen LogP contribution < -0.4 is 0 Å². The van der Waals surface area contributed by atoms with E-state index in [1.807, 2.05) is 6.92 Å². The third-order valence-electron chi connectivity index (χ3n) is 3.38. The zero-order chi connectivity index (χ0) is 11.4. The van der Waals surface area contributed by atoms with Crippen molar-refractivity contribution in [3.05, 3.63) is 0 Å². The van der Waals surface area contributed by atoms with Crippen molar-refractivity contribution >= 4 is 5.91 Å². The maximum atomic E-state index is 11.7. The molecule has 4 nitrogen and oxygen atoms in total. The Hall–Kier alpha value is -0.610. The van der Waals surface area contributed by atoms with Gasteiger partial charge in [-0.25, -0.2) is 0 Å². The molecular weight excluding hydrogens is 194 g/mol. The molecule has 4 heteroatoms. The van der Waals surface area contributed by atoms with Crippen LogP contribution in [0.2, 0.25) is 0 Å². The lowest BCUT2D eigenvalue weighted by atomic mass is 9.98. The normalized spacial score (nSPS) is 25.7. The third-order valence-corrected chi connectivity index (χ3v) is 3.38. The molecular formula is C11H21NO3. The zero-order valence-electron chi connectivity index (χ0n) is 9.52. The van der Waals surface area contributed by atoms with E-state index in [1.54, 1.807) is 4.90 Å². The topological polar surface area (TPSA) is 60.8 Å². The van der Waals surface area contributed by atoms with E-state index in [2.05, 4.69) is 6.92 Å². The maximum absolute atomic E-state index is 11.7. The van der Waals surface area contributed by atoms with Gasteiger partial charge in [0.05, 0.1) is 12.6 Å². The van der Waals surface area contributed by atoms with Gasteiger partial charge in [0.2, 0.25) is 5.91 Å². The van der Waals surface area contributed by atoms with Gasteiger partial charge in [-0.3, -0.25) is 4.79 Å². The standard InChI is InChI=1S/C11H21NO3/c1-3-8(2)10(7-14)12-5-9(6-13)4-11(12)15/h8-10,13-14H,3-7H2,1-2H3/t8-,9?,10+/m0/s1. The number of carbonyl (C=O) groups is 1.